The van der Waals surface area contributed by atoms with Crippen molar-refractivity contribution in [3.8, 4) is 0 Å². The zero-order chi connectivity index (χ0) is 18.5. The molecule has 0 saturated carbocycles. The summed E-state index contributed by atoms with van der Waals surface area (Å²) in [4.78, 5) is 23.9. The van der Waals surface area contributed by atoms with E-state index in [4.69, 9.17) is 0 Å². The Hall–Kier alpha value is -3.49. The van der Waals surface area contributed by atoms with Crippen LogP contribution >= 0.6 is 0 Å². The molecule has 3 aromatic rings. The van der Waals surface area contributed by atoms with Crippen molar-refractivity contribution < 1.29 is 18.0 Å². The van der Waals surface area contributed by atoms with E-state index in [0.29, 0.717) is 18.4 Å². The molecule has 0 aliphatic heterocycles. The number of benzene rings is 1. The van der Waals surface area contributed by atoms with Gasteiger partial charge in [-0.1, -0.05) is 0 Å². The third kappa shape index (κ3) is 3.94. The van der Waals surface area contributed by atoms with Gasteiger partial charge in [0.05, 0.1) is 18.1 Å². The smallest absolute Gasteiger partial charge is 0.275 e. The number of carbonyl (C=O) groups excluding carboxylic acids is 1. The van der Waals surface area contributed by atoms with Gasteiger partial charge in [0.15, 0.2) is 17.5 Å². The van der Waals surface area contributed by atoms with Crippen LogP contribution < -0.4 is 10.6 Å². The number of nitrogens with zero attached hydrogens (tertiary/aromatic N) is 3. The first-order valence-corrected chi connectivity index (χ1v) is 7.44. The van der Waals surface area contributed by atoms with Crippen LogP contribution in [0.15, 0.2) is 49.1 Å². The maximum atomic E-state index is 13.6. The van der Waals surface area contributed by atoms with Crippen molar-refractivity contribution in [2.75, 3.05) is 10.6 Å². The van der Waals surface area contributed by atoms with E-state index < -0.39 is 29.0 Å². The zero-order valence-electron chi connectivity index (χ0n) is 13.2. The van der Waals surface area contributed by atoms with Crippen LogP contribution in [-0.4, -0.2) is 20.9 Å². The minimum Gasteiger partial charge on any atom is -0.365 e. The predicted molar refractivity (Wildman–Crippen MR) is 87.9 cm³/mol. The highest BCUT2D eigenvalue weighted by Gasteiger charge is 2.16. The van der Waals surface area contributed by atoms with Crippen LogP contribution in [0, 0.1) is 17.5 Å². The van der Waals surface area contributed by atoms with Gasteiger partial charge < -0.3 is 10.6 Å². The van der Waals surface area contributed by atoms with Crippen LogP contribution in [0.1, 0.15) is 16.1 Å². The average Bonchev–Trinajstić information content (AvgIpc) is 2.68. The molecule has 1 aromatic carbocycles. The molecule has 2 aromatic heterocycles. The van der Waals surface area contributed by atoms with Crippen LogP contribution in [0.4, 0.5) is 24.7 Å². The highest BCUT2D eigenvalue weighted by molar-refractivity contribution is 6.02. The van der Waals surface area contributed by atoms with Gasteiger partial charge in [0.2, 0.25) is 0 Å². The van der Waals surface area contributed by atoms with Gasteiger partial charge in [0.1, 0.15) is 11.5 Å². The molecule has 1 amide bonds. The summed E-state index contributed by atoms with van der Waals surface area (Å²) < 4.78 is 39.7. The maximum Gasteiger partial charge on any atom is 0.275 e. The lowest BCUT2D eigenvalue weighted by molar-refractivity contribution is 0.102. The van der Waals surface area contributed by atoms with Gasteiger partial charge in [-0.2, -0.15) is 0 Å². The summed E-state index contributed by atoms with van der Waals surface area (Å²) in [5.41, 5.74) is 0.386. The maximum absolute atomic E-state index is 13.6. The molecule has 0 aliphatic carbocycles. The van der Waals surface area contributed by atoms with Gasteiger partial charge in [0.25, 0.3) is 5.91 Å². The van der Waals surface area contributed by atoms with Crippen molar-refractivity contribution >= 4 is 17.4 Å². The summed E-state index contributed by atoms with van der Waals surface area (Å²) in [5.74, 6) is -4.86. The fourth-order valence-corrected chi connectivity index (χ4v) is 2.04. The SMILES string of the molecule is O=C(Nc1ccc(F)c(F)c1F)c1cnc(NCc2ccncc2)cn1. The van der Waals surface area contributed by atoms with Crippen LogP contribution in [0.2, 0.25) is 0 Å². The van der Waals surface area contributed by atoms with E-state index in [1.54, 1.807) is 12.4 Å². The summed E-state index contributed by atoms with van der Waals surface area (Å²) in [5, 5.41) is 5.14. The summed E-state index contributed by atoms with van der Waals surface area (Å²) in [6, 6.07) is 5.30. The van der Waals surface area contributed by atoms with Crippen molar-refractivity contribution in [2.24, 2.45) is 0 Å². The summed E-state index contributed by atoms with van der Waals surface area (Å²) >= 11 is 0. The second kappa shape index (κ2) is 7.60. The number of amides is 1. The number of halogens is 3. The zero-order valence-corrected chi connectivity index (χ0v) is 13.2. The third-order valence-electron chi connectivity index (χ3n) is 3.39. The third-order valence-corrected chi connectivity index (χ3v) is 3.39. The molecule has 0 aliphatic rings. The molecule has 0 unspecified atom stereocenters. The number of nitrogens with one attached hydrogen (secondary N) is 2. The number of anilines is 2. The van der Waals surface area contributed by atoms with E-state index in [2.05, 4.69) is 25.6 Å². The van der Waals surface area contributed by atoms with Gasteiger partial charge >= 0.3 is 0 Å². The minimum absolute atomic E-state index is 0.108. The number of rotatable bonds is 5. The molecule has 0 spiro atoms. The largest absolute Gasteiger partial charge is 0.365 e. The Morgan fingerprint density at radius 3 is 2.42 bits per heavy atom. The van der Waals surface area contributed by atoms with Gasteiger partial charge in [-0.3, -0.25) is 9.78 Å². The van der Waals surface area contributed by atoms with Crippen molar-refractivity contribution in [1.82, 2.24) is 15.0 Å². The Kier molecular flexibility index (Phi) is 5.07. The lowest BCUT2D eigenvalue weighted by Crippen LogP contribution is -2.16. The lowest BCUT2D eigenvalue weighted by Gasteiger charge is -2.08. The number of aromatic nitrogens is 3. The number of hydrogen-bond donors (Lipinski definition) is 2. The second-order valence-electron chi connectivity index (χ2n) is 5.17. The first kappa shape index (κ1) is 17.3. The summed E-state index contributed by atoms with van der Waals surface area (Å²) in [6.07, 6.45) is 5.83. The molecule has 6 nitrogen and oxygen atoms in total. The van der Waals surface area contributed by atoms with Crippen molar-refractivity contribution in [3.05, 3.63) is 77.8 Å². The van der Waals surface area contributed by atoms with Crippen LogP contribution in [0.3, 0.4) is 0 Å². The normalized spacial score (nSPS) is 10.4. The molecule has 0 saturated heterocycles. The topological polar surface area (TPSA) is 79.8 Å². The molecule has 0 atom stereocenters. The molecule has 3 rings (SSSR count). The fourth-order valence-electron chi connectivity index (χ4n) is 2.04. The predicted octanol–water partition coefficient (Wildman–Crippen LogP) is 3.15. The molecule has 2 heterocycles. The van der Waals surface area contributed by atoms with Gasteiger partial charge in [-0.25, -0.2) is 23.1 Å². The Morgan fingerprint density at radius 1 is 0.962 bits per heavy atom. The Bertz CT molecular complexity index is 920. The minimum atomic E-state index is -1.66. The molecule has 0 bridgehead atoms. The molecular weight excluding hydrogens is 347 g/mol. The first-order valence-electron chi connectivity index (χ1n) is 7.44. The number of pyridine rings is 1. The molecule has 2 N–H and O–H groups in total. The number of carbonyl (C=O) groups is 1. The van der Waals surface area contributed by atoms with Gasteiger partial charge in [-0.15, -0.1) is 0 Å². The first-order chi connectivity index (χ1) is 12.5. The van der Waals surface area contributed by atoms with Crippen molar-refractivity contribution in [3.63, 3.8) is 0 Å². The van der Waals surface area contributed by atoms with Crippen molar-refractivity contribution in [2.45, 2.75) is 6.54 Å². The highest BCUT2D eigenvalue weighted by Crippen LogP contribution is 2.20. The van der Waals surface area contributed by atoms with Gasteiger partial charge in [0, 0.05) is 18.9 Å². The Morgan fingerprint density at radius 2 is 1.73 bits per heavy atom. The quantitative estimate of drug-likeness (QED) is 0.684. The fraction of sp³-hybridized carbons (Fsp3) is 0.0588. The van der Waals surface area contributed by atoms with Crippen LogP contribution in [0.5, 0.6) is 0 Å². The molecule has 26 heavy (non-hydrogen) atoms. The van der Waals surface area contributed by atoms with E-state index in [0.717, 1.165) is 11.6 Å². The van der Waals surface area contributed by atoms with Crippen LogP contribution in [-0.2, 0) is 6.54 Å². The molecular formula is C17H12F3N5O. The Balaban J connectivity index is 1.64. The van der Waals surface area contributed by atoms with E-state index in [1.807, 2.05) is 12.1 Å². The summed E-state index contributed by atoms with van der Waals surface area (Å²) in [6.45, 7) is 0.489. The standard InChI is InChI=1S/C17H12F3N5O/c18-11-1-2-12(16(20)15(11)19)25-17(26)13-8-24-14(9-22-13)23-7-10-3-5-21-6-4-10/h1-6,8-9H,7H2,(H,23,24)(H,25,26). The highest BCUT2D eigenvalue weighted by atomic mass is 19.2. The van der Waals surface area contributed by atoms with Gasteiger partial charge in [-0.05, 0) is 29.8 Å². The lowest BCUT2D eigenvalue weighted by atomic mass is 10.2. The molecule has 132 valence electrons. The van der Waals surface area contributed by atoms with E-state index >= 15 is 0 Å². The monoisotopic (exact) mass is 359 g/mol. The molecule has 9 heteroatoms. The van der Waals surface area contributed by atoms with E-state index in [9.17, 15) is 18.0 Å². The van der Waals surface area contributed by atoms with E-state index in [1.165, 1.54) is 12.4 Å². The van der Waals surface area contributed by atoms with Crippen LogP contribution in [0.25, 0.3) is 0 Å². The average molecular weight is 359 g/mol. The molecule has 0 fully saturated rings. The molecule has 0 radical (unpaired) electrons. The second-order valence-corrected chi connectivity index (χ2v) is 5.17. The van der Waals surface area contributed by atoms with E-state index in [-0.39, 0.29) is 5.69 Å². The Labute approximate surface area is 146 Å². The van der Waals surface area contributed by atoms with Crippen molar-refractivity contribution in [1.29, 1.82) is 0 Å². The summed E-state index contributed by atoms with van der Waals surface area (Å²) in [7, 11) is 0. The number of hydrogen-bond acceptors (Lipinski definition) is 5.